The number of nitrogens with one attached hydrogen (secondary N) is 2. The van der Waals surface area contributed by atoms with E-state index in [9.17, 15) is 14.4 Å². The molecule has 2 aromatic carbocycles. The molecular weight excluding hydrogens is 382 g/mol. The summed E-state index contributed by atoms with van der Waals surface area (Å²) in [6, 6.07) is 13.1. The summed E-state index contributed by atoms with van der Waals surface area (Å²) in [6.07, 6.45) is 1.93. The minimum absolute atomic E-state index is 0.240. The summed E-state index contributed by atoms with van der Waals surface area (Å²) in [6.45, 7) is 3.60. The van der Waals surface area contributed by atoms with Gasteiger partial charge in [-0.15, -0.1) is 0 Å². The number of ether oxygens (including phenoxy) is 1. The first-order valence-electron chi connectivity index (χ1n) is 9.81. The lowest BCUT2D eigenvalue weighted by atomic mass is 9.97. The molecule has 3 aromatic rings. The Morgan fingerprint density at radius 2 is 1.87 bits per heavy atom. The summed E-state index contributed by atoms with van der Waals surface area (Å²) in [4.78, 5) is 39.1. The molecule has 0 unspecified atom stereocenters. The summed E-state index contributed by atoms with van der Waals surface area (Å²) >= 11 is 0. The van der Waals surface area contributed by atoms with E-state index in [1.165, 1.54) is 0 Å². The number of benzene rings is 2. The lowest BCUT2D eigenvalue weighted by molar-refractivity contribution is -0.132. The topological polar surface area (TPSA) is 114 Å². The van der Waals surface area contributed by atoms with Gasteiger partial charge in [0.25, 0.3) is 11.5 Å². The fourth-order valence-corrected chi connectivity index (χ4v) is 3.56. The van der Waals surface area contributed by atoms with E-state index in [4.69, 9.17) is 10.5 Å². The predicted octanol–water partition coefficient (Wildman–Crippen LogP) is 2.40. The van der Waals surface area contributed by atoms with E-state index < -0.39 is 23.5 Å². The van der Waals surface area contributed by atoms with Crippen molar-refractivity contribution in [3.05, 3.63) is 64.6 Å². The number of primary amides is 1. The van der Waals surface area contributed by atoms with Crippen molar-refractivity contribution in [3.8, 4) is 16.9 Å². The maximum absolute atomic E-state index is 12.4. The highest BCUT2D eigenvalue weighted by atomic mass is 16.5. The molecule has 0 aliphatic heterocycles. The fourth-order valence-electron chi connectivity index (χ4n) is 3.56. The number of fused-ring (bicyclic) bond motifs is 1. The molecule has 7 heteroatoms. The van der Waals surface area contributed by atoms with Crippen LogP contribution in [-0.4, -0.2) is 28.4 Å². The smallest absolute Gasteiger partial charge is 0.261 e. The molecule has 1 aromatic heterocycles. The van der Waals surface area contributed by atoms with Crippen LogP contribution < -0.4 is 21.3 Å². The van der Waals surface area contributed by atoms with E-state index in [0.717, 1.165) is 22.1 Å². The monoisotopic (exact) mass is 405 g/mol. The number of aryl methyl sites for hydroxylation is 1. The average Bonchev–Trinajstić information content (AvgIpc) is 3.50. The highest BCUT2D eigenvalue weighted by molar-refractivity contribution is 5.97. The van der Waals surface area contributed by atoms with E-state index in [1.54, 1.807) is 25.3 Å². The van der Waals surface area contributed by atoms with Crippen molar-refractivity contribution < 1.29 is 14.3 Å². The number of nitrogens with two attached hydrogens (primary N) is 1. The number of hydrogen-bond acceptors (Lipinski definition) is 4. The van der Waals surface area contributed by atoms with Gasteiger partial charge in [-0.25, -0.2) is 0 Å². The van der Waals surface area contributed by atoms with Gasteiger partial charge in [0.1, 0.15) is 11.3 Å². The predicted molar refractivity (Wildman–Crippen MR) is 114 cm³/mol. The molecule has 154 valence electrons. The zero-order valence-corrected chi connectivity index (χ0v) is 16.8. The third-order valence-corrected chi connectivity index (χ3v) is 5.57. The number of pyridine rings is 1. The first-order valence-corrected chi connectivity index (χ1v) is 9.81. The minimum Gasteiger partial charge on any atom is -0.481 e. The van der Waals surface area contributed by atoms with Gasteiger partial charge in [-0.1, -0.05) is 24.3 Å². The molecule has 7 nitrogen and oxygen atoms in total. The van der Waals surface area contributed by atoms with Crippen LogP contribution >= 0.6 is 0 Å². The standard InChI is InChI=1S/C23H23N3O4/c1-13-5-3-4-6-16(13)19-12-25-21(28)18-11-15(7-8-17(18)19)30-14(2)20(27)26-23(9-10-23)22(24)29/h3-8,11-12,14H,9-10H2,1-2H3,(H2,24,29)(H,25,28)(H,26,27)/t14-/m1/s1. The van der Waals surface area contributed by atoms with Crippen LogP contribution in [0.4, 0.5) is 0 Å². The van der Waals surface area contributed by atoms with Crippen molar-refractivity contribution in [1.82, 2.24) is 10.3 Å². The molecule has 4 rings (SSSR count). The number of H-pyrrole nitrogens is 1. The Balaban J connectivity index is 1.62. The lowest BCUT2D eigenvalue weighted by Crippen LogP contribution is -2.50. The Bertz CT molecular complexity index is 1210. The van der Waals surface area contributed by atoms with Crippen LogP contribution in [0.3, 0.4) is 0 Å². The maximum Gasteiger partial charge on any atom is 0.261 e. The van der Waals surface area contributed by atoms with Crippen molar-refractivity contribution in [2.24, 2.45) is 5.73 Å². The van der Waals surface area contributed by atoms with E-state index in [1.807, 2.05) is 37.3 Å². The number of carbonyl (C=O) groups excluding carboxylic acids is 2. The van der Waals surface area contributed by atoms with Gasteiger partial charge in [-0.05, 0) is 61.4 Å². The molecule has 1 atom stereocenters. The number of aromatic amines is 1. The molecule has 1 aliphatic rings. The number of hydrogen-bond donors (Lipinski definition) is 3. The van der Waals surface area contributed by atoms with Gasteiger partial charge in [-0.3, -0.25) is 14.4 Å². The molecule has 0 spiro atoms. The Hall–Kier alpha value is -3.61. The van der Waals surface area contributed by atoms with Crippen LogP contribution in [0.15, 0.2) is 53.5 Å². The van der Waals surface area contributed by atoms with E-state index in [2.05, 4.69) is 10.3 Å². The number of rotatable bonds is 6. The molecule has 2 amide bonds. The third kappa shape index (κ3) is 3.54. The maximum atomic E-state index is 12.4. The Labute approximate surface area is 173 Å². The van der Waals surface area contributed by atoms with E-state index >= 15 is 0 Å². The quantitative estimate of drug-likeness (QED) is 0.584. The van der Waals surface area contributed by atoms with Crippen molar-refractivity contribution in [2.45, 2.75) is 38.3 Å². The van der Waals surface area contributed by atoms with Gasteiger partial charge in [-0.2, -0.15) is 0 Å². The SMILES string of the molecule is Cc1ccccc1-c1c[nH]c(=O)c2cc(O[C@H](C)C(=O)NC3(C(N)=O)CC3)ccc12. The Morgan fingerprint density at radius 3 is 2.53 bits per heavy atom. The minimum atomic E-state index is -0.947. The normalized spacial score (nSPS) is 15.4. The highest BCUT2D eigenvalue weighted by Crippen LogP contribution is 2.35. The number of carbonyl (C=O) groups is 2. The van der Waals surface area contributed by atoms with Gasteiger partial charge in [0.2, 0.25) is 5.91 Å². The zero-order valence-electron chi connectivity index (χ0n) is 16.8. The molecule has 1 aliphatic carbocycles. The van der Waals surface area contributed by atoms with Crippen LogP contribution in [0.5, 0.6) is 5.75 Å². The molecule has 4 N–H and O–H groups in total. The van der Waals surface area contributed by atoms with Gasteiger partial charge in [0.15, 0.2) is 6.10 Å². The summed E-state index contributed by atoms with van der Waals surface area (Å²) < 4.78 is 5.75. The van der Waals surface area contributed by atoms with Crippen LogP contribution in [0.25, 0.3) is 21.9 Å². The molecular formula is C23H23N3O4. The lowest BCUT2D eigenvalue weighted by Gasteiger charge is -2.19. The first kappa shape index (κ1) is 19.7. The second kappa shape index (κ2) is 7.33. The van der Waals surface area contributed by atoms with Crippen LogP contribution in [0.1, 0.15) is 25.3 Å². The summed E-state index contributed by atoms with van der Waals surface area (Å²) in [5.41, 5.74) is 7.21. The zero-order chi connectivity index (χ0) is 21.5. The van der Waals surface area contributed by atoms with Gasteiger partial charge in [0, 0.05) is 11.8 Å². The molecule has 1 saturated carbocycles. The van der Waals surface area contributed by atoms with Crippen molar-refractivity contribution in [2.75, 3.05) is 0 Å². The largest absolute Gasteiger partial charge is 0.481 e. The molecule has 0 radical (unpaired) electrons. The molecule has 1 heterocycles. The van der Waals surface area contributed by atoms with E-state index in [-0.39, 0.29) is 5.56 Å². The van der Waals surface area contributed by atoms with Crippen molar-refractivity contribution in [3.63, 3.8) is 0 Å². The number of aromatic nitrogens is 1. The second-order valence-electron chi connectivity index (χ2n) is 7.75. The molecule has 30 heavy (non-hydrogen) atoms. The van der Waals surface area contributed by atoms with Crippen LogP contribution in [0.2, 0.25) is 0 Å². The second-order valence-corrected chi connectivity index (χ2v) is 7.75. The highest BCUT2D eigenvalue weighted by Gasteiger charge is 2.50. The van der Waals surface area contributed by atoms with Crippen molar-refractivity contribution in [1.29, 1.82) is 0 Å². The third-order valence-electron chi connectivity index (χ3n) is 5.57. The molecule has 0 saturated heterocycles. The van der Waals surface area contributed by atoms with Gasteiger partial charge < -0.3 is 20.8 Å². The Kier molecular flexibility index (Phi) is 4.81. The fraction of sp³-hybridized carbons (Fsp3) is 0.261. The average molecular weight is 405 g/mol. The molecule has 0 bridgehead atoms. The van der Waals surface area contributed by atoms with Crippen LogP contribution in [-0.2, 0) is 9.59 Å². The van der Waals surface area contributed by atoms with Crippen molar-refractivity contribution >= 4 is 22.6 Å². The van der Waals surface area contributed by atoms with Gasteiger partial charge in [0.05, 0.1) is 5.39 Å². The van der Waals surface area contributed by atoms with Gasteiger partial charge >= 0.3 is 0 Å². The van der Waals surface area contributed by atoms with E-state index in [0.29, 0.717) is 24.0 Å². The van der Waals surface area contributed by atoms with Crippen LogP contribution in [0, 0.1) is 6.92 Å². The number of amides is 2. The summed E-state index contributed by atoms with van der Waals surface area (Å²) in [5, 5.41) is 3.93. The summed E-state index contributed by atoms with van der Waals surface area (Å²) in [5.74, 6) is -0.570. The molecule has 1 fully saturated rings. The summed E-state index contributed by atoms with van der Waals surface area (Å²) in [7, 11) is 0. The first-order chi connectivity index (χ1) is 14.3. The Morgan fingerprint density at radius 1 is 1.13 bits per heavy atom.